The van der Waals surface area contributed by atoms with Crippen LogP contribution in [-0.2, 0) is 9.57 Å². The third kappa shape index (κ3) is 5.51. The highest BCUT2D eigenvalue weighted by Gasteiger charge is 2.15. The Labute approximate surface area is 202 Å². The number of aromatic nitrogens is 1. The van der Waals surface area contributed by atoms with Crippen molar-refractivity contribution in [3.8, 4) is 5.75 Å². The zero-order valence-electron chi connectivity index (χ0n) is 18.9. The molecule has 1 aliphatic heterocycles. The van der Waals surface area contributed by atoms with Crippen molar-refractivity contribution >= 4 is 46.1 Å². The van der Waals surface area contributed by atoms with Crippen molar-refractivity contribution in [2.24, 2.45) is 0 Å². The second-order valence-electron chi connectivity index (χ2n) is 7.46. The van der Waals surface area contributed by atoms with E-state index >= 15 is 0 Å². The number of amides is 1. The van der Waals surface area contributed by atoms with Gasteiger partial charge in [-0.15, -0.1) is 0 Å². The highest BCUT2D eigenvalue weighted by molar-refractivity contribution is 6.33. The summed E-state index contributed by atoms with van der Waals surface area (Å²) in [6.45, 7) is 3.10. The summed E-state index contributed by atoms with van der Waals surface area (Å²) in [4.78, 5) is 23.7. The van der Waals surface area contributed by atoms with Gasteiger partial charge in [0, 0.05) is 30.9 Å². The predicted molar refractivity (Wildman–Crippen MR) is 133 cm³/mol. The van der Waals surface area contributed by atoms with Crippen molar-refractivity contribution in [3.63, 3.8) is 0 Å². The minimum atomic E-state index is -0.376. The molecule has 0 spiro atoms. The van der Waals surface area contributed by atoms with Crippen LogP contribution < -0.4 is 25.8 Å². The first-order valence-corrected chi connectivity index (χ1v) is 11.1. The number of methoxy groups -OCH3 is 1. The number of hydrogen-bond donors (Lipinski definition) is 3. The van der Waals surface area contributed by atoms with E-state index in [1.54, 1.807) is 37.6 Å². The number of ether oxygens (including phenoxy) is 2. The van der Waals surface area contributed by atoms with Crippen LogP contribution in [0.25, 0.3) is 0 Å². The van der Waals surface area contributed by atoms with Gasteiger partial charge < -0.3 is 25.0 Å². The van der Waals surface area contributed by atoms with Gasteiger partial charge in [-0.3, -0.25) is 9.63 Å². The zero-order valence-corrected chi connectivity index (χ0v) is 19.7. The van der Waals surface area contributed by atoms with Gasteiger partial charge in [-0.1, -0.05) is 23.7 Å². The van der Waals surface area contributed by atoms with Gasteiger partial charge >= 0.3 is 0 Å². The number of hydrogen-bond acceptors (Lipinski definition) is 8. The normalized spacial score (nSPS) is 13.3. The van der Waals surface area contributed by atoms with E-state index < -0.39 is 0 Å². The van der Waals surface area contributed by atoms with E-state index in [2.05, 4.69) is 26.0 Å². The van der Waals surface area contributed by atoms with Crippen LogP contribution in [0.5, 0.6) is 5.75 Å². The standard InChI is InChI=1S/C24H26ClN5O4/c1-32-22-13-16(30-9-11-34-12-10-30)7-8-20(22)28-23-14-21(18(25)15-26-23)27-19-6-4-3-5-17(19)24(31)29-33-2/h3-8,13-15H,9-12H2,1-2H3,(H,29,31)(H2,26,27,28). The van der Waals surface area contributed by atoms with E-state index in [4.69, 9.17) is 25.9 Å². The maximum Gasteiger partial charge on any atom is 0.276 e. The number of benzene rings is 2. The minimum Gasteiger partial charge on any atom is -0.494 e. The average Bonchev–Trinajstić information content (AvgIpc) is 2.87. The Hall–Kier alpha value is -3.53. The molecule has 0 unspecified atom stereocenters. The number of morpholine rings is 1. The van der Waals surface area contributed by atoms with Crippen molar-refractivity contribution < 1.29 is 19.1 Å². The van der Waals surface area contributed by atoms with Crippen LogP contribution in [0.2, 0.25) is 5.02 Å². The molecular weight excluding hydrogens is 458 g/mol. The minimum absolute atomic E-state index is 0.376. The molecule has 0 bridgehead atoms. The van der Waals surface area contributed by atoms with Crippen LogP contribution >= 0.6 is 11.6 Å². The van der Waals surface area contributed by atoms with Crippen molar-refractivity contribution in [2.45, 2.75) is 0 Å². The van der Waals surface area contributed by atoms with Gasteiger partial charge in [0.05, 0.1) is 61.3 Å². The Bertz CT molecular complexity index is 1150. The number of carbonyl (C=O) groups is 1. The number of halogens is 1. The molecule has 0 radical (unpaired) electrons. The lowest BCUT2D eigenvalue weighted by Gasteiger charge is -2.29. The van der Waals surface area contributed by atoms with E-state index in [1.807, 2.05) is 24.3 Å². The smallest absolute Gasteiger partial charge is 0.276 e. The van der Waals surface area contributed by atoms with Crippen LogP contribution in [0.3, 0.4) is 0 Å². The number of rotatable bonds is 8. The van der Waals surface area contributed by atoms with E-state index in [-0.39, 0.29) is 5.91 Å². The molecule has 3 N–H and O–H groups in total. The monoisotopic (exact) mass is 483 g/mol. The van der Waals surface area contributed by atoms with Gasteiger partial charge in [0.2, 0.25) is 0 Å². The lowest BCUT2D eigenvalue weighted by molar-refractivity contribution is 0.0538. The van der Waals surface area contributed by atoms with Crippen LogP contribution in [0.1, 0.15) is 10.4 Å². The first-order valence-electron chi connectivity index (χ1n) is 10.7. The second-order valence-corrected chi connectivity index (χ2v) is 7.87. The summed E-state index contributed by atoms with van der Waals surface area (Å²) in [5.41, 5.74) is 5.73. The molecule has 178 valence electrons. The van der Waals surface area contributed by atoms with Gasteiger partial charge in [-0.2, -0.15) is 0 Å². The highest BCUT2D eigenvalue weighted by atomic mass is 35.5. The number of para-hydroxylation sites is 1. The molecule has 9 nitrogen and oxygen atoms in total. The van der Waals surface area contributed by atoms with Crippen LogP contribution in [0.4, 0.5) is 28.6 Å². The maximum atomic E-state index is 12.3. The molecule has 1 saturated heterocycles. The van der Waals surface area contributed by atoms with E-state index in [0.29, 0.717) is 46.7 Å². The number of nitrogens with one attached hydrogen (secondary N) is 3. The zero-order chi connectivity index (χ0) is 23.9. The Kier molecular flexibility index (Phi) is 7.69. The number of carbonyl (C=O) groups excluding carboxylic acids is 1. The average molecular weight is 484 g/mol. The summed E-state index contributed by atoms with van der Waals surface area (Å²) >= 11 is 6.39. The van der Waals surface area contributed by atoms with Gasteiger partial charge in [-0.05, 0) is 24.3 Å². The third-order valence-electron chi connectivity index (χ3n) is 5.32. The molecule has 3 aromatic rings. The summed E-state index contributed by atoms with van der Waals surface area (Å²) in [7, 11) is 3.02. The fraction of sp³-hybridized carbons (Fsp3) is 0.250. The fourth-order valence-electron chi connectivity index (χ4n) is 3.63. The van der Waals surface area contributed by atoms with E-state index in [1.165, 1.54) is 7.11 Å². The predicted octanol–water partition coefficient (Wildman–Crippen LogP) is 4.36. The first kappa shape index (κ1) is 23.6. The van der Waals surface area contributed by atoms with Gasteiger partial charge in [-0.25, -0.2) is 10.5 Å². The lowest BCUT2D eigenvalue weighted by atomic mass is 10.1. The second kappa shape index (κ2) is 11.1. The highest BCUT2D eigenvalue weighted by Crippen LogP contribution is 2.34. The number of hydroxylamine groups is 1. The SMILES string of the molecule is CONC(=O)c1ccccc1Nc1cc(Nc2ccc(N3CCOCC3)cc2OC)ncc1Cl. The number of nitrogens with zero attached hydrogens (tertiary/aromatic N) is 2. The summed E-state index contributed by atoms with van der Waals surface area (Å²) in [5, 5.41) is 6.90. The summed E-state index contributed by atoms with van der Waals surface area (Å²) < 4.78 is 11.1. The molecule has 2 aromatic carbocycles. The third-order valence-corrected chi connectivity index (χ3v) is 5.62. The van der Waals surface area contributed by atoms with Crippen molar-refractivity contribution in [1.82, 2.24) is 10.5 Å². The molecule has 1 aliphatic rings. The molecule has 1 aromatic heterocycles. The van der Waals surface area contributed by atoms with Crippen molar-refractivity contribution in [2.75, 3.05) is 56.1 Å². The van der Waals surface area contributed by atoms with Crippen molar-refractivity contribution in [3.05, 3.63) is 65.3 Å². The molecule has 2 heterocycles. The summed E-state index contributed by atoms with van der Waals surface area (Å²) in [6, 6.07) is 14.8. The molecular formula is C24H26ClN5O4. The lowest BCUT2D eigenvalue weighted by Crippen LogP contribution is -2.36. The fourth-order valence-corrected chi connectivity index (χ4v) is 3.78. The van der Waals surface area contributed by atoms with E-state index in [0.717, 1.165) is 24.5 Å². The molecule has 0 aliphatic carbocycles. The Morgan fingerprint density at radius 3 is 2.59 bits per heavy atom. The Morgan fingerprint density at radius 2 is 1.82 bits per heavy atom. The van der Waals surface area contributed by atoms with Crippen LogP contribution in [-0.4, -0.2) is 51.4 Å². The molecule has 10 heteroatoms. The molecule has 4 rings (SSSR count). The van der Waals surface area contributed by atoms with Gasteiger partial charge in [0.1, 0.15) is 11.6 Å². The topological polar surface area (TPSA) is 97.0 Å². The van der Waals surface area contributed by atoms with Gasteiger partial charge in [0.15, 0.2) is 0 Å². The van der Waals surface area contributed by atoms with Gasteiger partial charge in [0.25, 0.3) is 5.91 Å². The Balaban J connectivity index is 1.56. The molecule has 1 amide bonds. The Morgan fingerprint density at radius 1 is 1.03 bits per heavy atom. The summed E-state index contributed by atoms with van der Waals surface area (Å²) in [5.74, 6) is 0.874. The molecule has 0 saturated carbocycles. The quantitative estimate of drug-likeness (QED) is 0.407. The summed E-state index contributed by atoms with van der Waals surface area (Å²) in [6.07, 6.45) is 1.54. The first-order chi connectivity index (χ1) is 16.6. The molecule has 0 atom stereocenters. The molecule has 34 heavy (non-hydrogen) atoms. The number of anilines is 5. The van der Waals surface area contributed by atoms with Crippen molar-refractivity contribution in [1.29, 1.82) is 0 Å². The molecule has 1 fully saturated rings. The number of pyridine rings is 1. The maximum absolute atomic E-state index is 12.3. The van der Waals surface area contributed by atoms with E-state index in [9.17, 15) is 4.79 Å². The largest absolute Gasteiger partial charge is 0.494 e. The van der Waals surface area contributed by atoms with Crippen LogP contribution in [0.15, 0.2) is 54.7 Å². The van der Waals surface area contributed by atoms with Crippen LogP contribution in [0, 0.1) is 0 Å².